The Morgan fingerprint density at radius 1 is 0.115 bits per heavy atom. The van der Waals surface area contributed by atoms with Crippen LogP contribution in [0.2, 0.25) is 0 Å². The summed E-state index contributed by atoms with van der Waals surface area (Å²) in [5.41, 5.74) is 34.2. The van der Waals surface area contributed by atoms with E-state index in [0.29, 0.717) is 0 Å². The maximum absolute atomic E-state index is 2.52. The molecule has 4 aliphatic rings. The molecule has 2 nitrogen and oxygen atoms in total. The fourth-order valence-electron chi connectivity index (χ4n) is 23.7. The molecular formula is C128H80N2. The molecule has 0 unspecified atom stereocenters. The van der Waals surface area contributed by atoms with Crippen LogP contribution in [0.5, 0.6) is 0 Å². The molecule has 0 amide bonds. The van der Waals surface area contributed by atoms with Crippen molar-refractivity contribution in [3.8, 4) is 77.9 Å². The second-order valence-electron chi connectivity index (χ2n) is 35.4. The summed E-state index contributed by atoms with van der Waals surface area (Å²) in [6.07, 6.45) is 0. The van der Waals surface area contributed by atoms with Gasteiger partial charge in [-0.3, -0.25) is 0 Å². The Labute approximate surface area is 754 Å². The molecule has 24 aromatic carbocycles. The van der Waals surface area contributed by atoms with Gasteiger partial charge in [-0.1, -0.05) is 406 Å². The highest BCUT2D eigenvalue weighted by Gasteiger charge is 2.53. The van der Waals surface area contributed by atoms with Gasteiger partial charge in [0.25, 0.3) is 0 Å². The van der Waals surface area contributed by atoms with E-state index < -0.39 is 5.41 Å². The van der Waals surface area contributed by atoms with Crippen molar-refractivity contribution >= 4 is 131 Å². The summed E-state index contributed by atoms with van der Waals surface area (Å²) < 4.78 is 0. The van der Waals surface area contributed by atoms with Gasteiger partial charge in [0.2, 0.25) is 0 Å². The maximum atomic E-state index is 2.52. The van der Waals surface area contributed by atoms with Gasteiger partial charge in [0.15, 0.2) is 0 Å². The fourth-order valence-corrected chi connectivity index (χ4v) is 23.7. The number of fused-ring (bicyclic) bond motifs is 35. The minimum atomic E-state index is -0.429. The predicted molar refractivity (Wildman–Crippen MR) is 549 cm³/mol. The van der Waals surface area contributed by atoms with Crippen molar-refractivity contribution in [1.82, 2.24) is 0 Å². The zero-order valence-electron chi connectivity index (χ0n) is 71.1. The van der Waals surface area contributed by atoms with Gasteiger partial charge in [-0.25, -0.2) is 0 Å². The lowest BCUT2D eigenvalue weighted by Crippen LogP contribution is -2.25. The lowest BCUT2D eigenvalue weighted by Gasteiger charge is -2.31. The molecule has 0 aromatic heterocycles. The van der Waals surface area contributed by atoms with Crippen LogP contribution in [0, 0.1) is 0 Å². The van der Waals surface area contributed by atoms with Crippen LogP contribution in [0.15, 0.2) is 485 Å². The van der Waals surface area contributed by atoms with E-state index >= 15 is 0 Å². The summed E-state index contributed by atoms with van der Waals surface area (Å²) in [5, 5.41) is 22.6. The van der Waals surface area contributed by atoms with E-state index in [9.17, 15) is 0 Å². The Balaban J connectivity index is 0.000000135. The monoisotopic (exact) mass is 1640 g/mol. The minimum Gasteiger partial charge on any atom is -0.310 e. The third kappa shape index (κ3) is 10.8. The highest BCUT2D eigenvalue weighted by Crippen LogP contribution is 2.66. The Morgan fingerprint density at radius 3 is 0.677 bits per heavy atom. The Morgan fingerprint density at radius 2 is 0.338 bits per heavy atom. The standard InChI is InChI=1S/C69H43N.C59H37N/c1-3-21-51-44(17-1)19-15-30-53(51)46-39-47(54-31-16-20-45-18-2-4-22-52(45)54)41-50(40-46)70(48-35-37-59-57-25-6-5-23-55(57)56-24-7-8-26-58(56)63(59)42-48)49-36-38-68-64(43-49)62-29-11-14-34-67(62)69(68)65-32-12-9-27-60(65)61-28-10-13-33-66(61)69;1-2-16-43-38(14-1)15-13-24-44(43)39-28-30-40(31-29-39)60(41-32-34-49-47-19-4-3-17-45(47)46-18-5-6-20-48(46)53(49)36-41)42-33-35-58-54(37-42)52-23-9-12-27-57(52)59(58)55-25-10-7-21-50(55)51-22-8-11-26-56(51)59/h1-43H;1-37H. The average molecular weight is 1650 g/mol. The number of rotatable bonds is 9. The maximum Gasteiger partial charge on any atom is 0.0725 e. The summed E-state index contributed by atoms with van der Waals surface area (Å²) >= 11 is 0. The molecule has 0 atom stereocenters. The third-order valence-electron chi connectivity index (χ3n) is 29.1. The number of anilines is 6. The number of hydrogen-bond donors (Lipinski definition) is 0. The molecule has 0 saturated heterocycles. The molecule has 2 heteroatoms. The highest BCUT2D eigenvalue weighted by molar-refractivity contribution is 6.27. The van der Waals surface area contributed by atoms with Crippen LogP contribution in [0.4, 0.5) is 34.1 Å². The van der Waals surface area contributed by atoms with E-state index in [1.54, 1.807) is 0 Å². The lowest BCUT2D eigenvalue weighted by molar-refractivity contribution is 0.794. The summed E-state index contributed by atoms with van der Waals surface area (Å²) in [5.74, 6) is 0. The molecule has 0 heterocycles. The van der Waals surface area contributed by atoms with Gasteiger partial charge in [0.1, 0.15) is 0 Å². The highest BCUT2D eigenvalue weighted by atomic mass is 15.1. The molecule has 602 valence electrons. The van der Waals surface area contributed by atoms with Gasteiger partial charge >= 0.3 is 0 Å². The molecule has 0 saturated carbocycles. The van der Waals surface area contributed by atoms with E-state index in [1.807, 2.05) is 0 Å². The normalized spacial score (nSPS) is 13.0. The smallest absolute Gasteiger partial charge is 0.0725 e. The summed E-state index contributed by atoms with van der Waals surface area (Å²) in [6, 6.07) is 181. The quantitative estimate of drug-likeness (QED) is 0.133. The Hall–Kier alpha value is -16.8. The van der Waals surface area contributed by atoms with Gasteiger partial charge in [-0.2, -0.15) is 0 Å². The zero-order chi connectivity index (χ0) is 85.3. The van der Waals surface area contributed by atoms with Crippen molar-refractivity contribution < 1.29 is 0 Å². The summed E-state index contributed by atoms with van der Waals surface area (Å²) in [4.78, 5) is 4.98. The molecule has 0 radical (unpaired) electrons. The number of hydrogen-bond acceptors (Lipinski definition) is 2. The first kappa shape index (κ1) is 73.6. The molecular weight excluding hydrogens is 1570 g/mol. The second kappa shape index (κ2) is 28.9. The summed E-state index contributed by atoms with van der Waals surface area (Å²) in [6.45, 7) is 0. The van der Waals surface area contributed by atoms with E-state index in [0.717, 1.165) is 34.1 Å². The van der Waals surface area contributed by atoms with E-state index in [1.165, 1.54) is 219 Å². The second-order valence-corrected chi connectivity index (χ2v) is 35.4. The van der Waals surface area contributed by atoms with Gasteiger partial charge in [-0.15, -0.1) is 0 Å². The van der Waals surface area contributed by atoms with Crippen molar-refractivity contribution in [2.24, 2.45) is 0 Å². The molecule has 0 bridgehead atoms. The topological polar surface area (TPSA) is 6.48 Å². The van der Waals surface area contributed by atoms with Crippen LogP contribution in [0.3, 0.4) is 0 Å². The molecule has 130 heavy (non-hydrogen) atoms. The molecule has 4 aliphatic carbocycles. The average Bonchev–Trinajstić information content (AvgIpc) is 1.51. The fraction of sp³-hybridized carbons (Fsp3) is 0.0156. The van der Waals surface area contributed by atoms with E-state index in [-0.39, 0.29) is 5.41 Å². The molecule has 0 aliphatic heterocycles. The first-order valence-electron chi connectivity index (χ1n) is 45.3. The van der Waals surface area contributed by atoms with Gasteiger partial charge < -0.3 is 9.80 Å². The van der Waals surface area contributed by atoms with Gasteiger partial charge in [0.05, 0.1) is 10.8 Å². The van der Waals surface area contributed by atoms with Crippen LogP contribution >= 0.6 is 0 Å². The molecule has 2 spiro atoms. The SMILES string of the molecule is c1ccc2c(c1)-c1ccccc1C21c2ccccc2-c2cc(N(c3cc(-c4cccc5ccccc45)cc(-c4cccc5ccccc45)c3)c3ccc4c5ccccc5c5ccccc5c4c3)ccc21.c1ccc2c(c1)-c1ccccc1C21c2ccccc2-c2cc(N(c3ccc(-c4cccc5ccccc45)cc3)c3ccc4c5ccccc5c5ccccc5c4c3)ccc21. The molecule has 0 N–H and O–H groups in total. The minimum absolute atomic E-state index is 0.383. The van der Waals surface area contributed by atoms with Crippen molar-refractivity contribution in [1.29, 1.82) is 0 Å². The van der Waals surface area contributed by atoms with Crippen LogP contribution < -0.4 is 9.80 Å². The first-order valence-corrected chi connectivity index (χ1v) is 45.3. The number of benzene rings is 24. The van der Waals surface area contributed by atoms with Crippen LogP contribution in [0.25, 0.3) is 175 Å². The van der Waals surface area contributed by atoms with Crippen molar-refractivity contribution in [3.63, 3.8) is 0 Å². The molecule has 0 fully saturated rings. The first-order chi connectivity index (χ1) is 64.5. The Bertz CT molecular complexity index is 8640. The van der Waals surface area contributed by atoms with Crippen LogP contribution in [-0.4, -0.2) is 0 Å². The van der Waals surface area contributed by atoms with Crippen LogP contribution in [0.1, 0.15) is 44.5 Å². The lowest BCUT2D eigenvalue weighted by atomic mass is 9.70. The predicted octanol–water partition coefficient (Wildman–Crippen LogP) is 34.4. The van der Waals surface area contributed by atoms with Crippen molar-refractivity contribution in [2.75, 3.05) is 9.80 Å². The van der Waals surface area contributed by atoms with Gasteiger partial charge in [-0.05, 0) is 298 Å². The Kier molecular flexibility index (Phi) is 16.3. The van der Waals surface area contributed by atoms with Gasteiger partial charge in [0, 0.05) is 34.1 Å². The van der Waals surface area contributed by atoms with Crippen LogP contribution in [-0.2, 0) is 10.8 Å². The molecule has 28 rings (SSSR count). The van der Waals surface area contributed by atoms with Crippen molar-refractivity contribution in [2.45, 2.75) is 10.8 Å². The largest absolute Gasteiger partial charge is 0.310 e. The van der Waals surface area contributed by atoms with E-state index in [2.05, 4.69) is 495 Å². The van der Waals surface area contributed by atoms with Crippen molar-refractivity contribution in [3.05, 3.63) is 530 Å². The molecule has 24 aromatic rings. The van der Waals surface area contributed by atoms with E-state index in [4.69, 9.17) is 0 Å². The summed E-state index contributed by atoms with van der Waals surface area (Å²) in [7, 11) is 0. The number of nitrogens with zero attached hydrogens (tertiary/aromatic N) is 2. The third-order valence-corrected chi connectivity index (χ3v) is 29.1. The zero-order valence-corrected chi connectivity index (χ0v) is 71.1.